The van der Waals surface area contributed by atoms with E-state index in [1.165, 1.54) is 25.8 Å². The van der Waals surface area contributed by atoms with E-state index in [0.29, 0.717) is 6.04 Å². The lowest BCUT2D eigenvalue weighted by Crippen LogP contribution is -2.43. The Morgan fingerprint density at radius 1 is 1.47 bits per heavy atom. The van der Waals surface area contributed by atoms with Crippen molar-refractivity contribution in [3.8, 4) is 0 Å². The third-order valence-corrected chi connectivity index (χ3v) is 3.19. The average molecular weight is 210 g/mol. The molecule has 0 bridgehead atoms. The lowest BCUT2D eigenvalue weighted by atomic mass is 10.2. The van der Waals surface area contributed by atoms with E-state index in [1.807, 2.05) is 6.08 Å². The maximum absolute atomic E-state index is 5.45. The summed E-state index contributed by atoms with van der Waals surface area (Å²) in [4.78, 5) is 2.54. The molecule has 1 saturated carbocycles. The Morgan fingerprint density at radius 3 is 2.93 bits per heavy atom. The van der Waals surface area contributed by atoms with Gasteiger partial charge in [-0.25, -0.2) is 0 Å². The van der Waals surface area contributed by atoms with Crippen LogP contribution in [-0.4, -0.2) is 49.8 Å². The summed E-state index contributed by atoms with van der Waals surface area (Å²) >= 11 is 0. The van der Waals surface area contributed by atoms with E-state index in [4.69, 9.17) is 4.74 Å². The molecule has 86 valence electrons. The van der Waals surface area contributed by atoms with Crippen LogP contribution in [-0.2, 0) is 4.74 Å². The largest absolute Gasteiger partial charge is 0.379 e. The third kappa shape index (κ3) is 3.59. The summed E-state index contributed by atoms with van der Waals surface area (Å²) < 4.78 is 5.45. The van der Waals surface area contributed by atoms with Crippen molar-refractivity contribution >= 4 is 0 Å². The molecule has 0 aromatic heterocycles. The molecule has 1 saturated heterocycles. The molecule has 2 fully saturated rings. The number of hydrogen-bond donors (Lipinski definition) is 1. The zero-order valence-corrected chi connectivity index (χ0v) is 9.45. The highest BCUT2D eigenvalue weighted by Gasteiger charge is 2.28. The van der Waals surface area contributed by atoms with Gasteiger partial charge in [0.1, 0.15) is 0 Å². The van der Waals surface area contributed by atoms with Crippen LogP contribution in [0.1, 0.15) is 19.3 Å². The van der Waals surface area contributed by atoms with Crippen molar-refractivity contribution in [1.82, 2.24) is 10.2 Å². The van der Waals surface area contributed by atoms with E-state index in [9.17, 15) is 0 Å². The minimum absolute atomic E-state index is 0.560. The standard InChI is InChI=1S/C12H22N2O/c1-2-7-14(12-3-4-12)8-5-11-10-15-9-6-13-11/h2,11-13H,1,3-10H2. The number of nitrogens with one attached hydrogen (secondary N) is 1. The molecule has 2 rings (SSSR count). The predicted molar refractivity (Wildman–Crippen MR) is 62.0 cm³/mol. The van der Waals surface area contributed by atoms with E-state index in [2.05, 4.69) is 16.8 Å². The Kier molecular flexibility index (Phi) is 4.18. The van der Waals surface area contributed by atoms with Gasteiger partial charge < -0.3 is 10.1 Å². The lowest BCUT2D eigenvalue weighted by Gasteiger charge is -2.27. The van der Waals surface area contributed by atoms with Crippen LogP contribution in [0.25, 0.3) is 0 Å². The van der Waals surface area contributed by atoms with Crippen molar-refractivity contribution in [2.75, 3.05) is 32.8 Å². The van der Waals surface area contributed by atoms with E-state index >= 15 is 0 Å². The first kappa shape index (κ1) is 11.1. The molecule has 15 heavy (non-hydrogen) atoms. The fraction of sp³-hybridized carbons (Fsp3) is 0.833. The minimum Gasteiger partial charge on any atom is -0.379 e. The third-order valence-electron chi connectivity index (χ3n) is 3.19. The molecule has 1 aliphatic carbocycles. The van der Waals surface area contributed by atoms with Crippen molar-refractivity contribution in [2.45, 2.75) is 31.3 Å². The van der Waals surface area contributed by atoms with E-state index in [-0.39, 0.29) is 0 Å². The lowest BCUT2D eigenvalue weighted by molar-refractivity contribution is 0.0701. The number of ether oxygens (including phenoxy) is 1. The van der Waals surface area contributed by atoms with Gasteiger partial charge in [0.2, 0.25) is 0 Å². The molecule has 0 aromatic rings. The van der Waals surface area contributed by atoms with Crippen LogP contribution < -0.4 is 5.32 Å². The van der Waals surface area contributed by atoms with E-state index in [0.717, 1.165) is 32.3 Å². The number of rotatable bonds is 6. The number of nitrogens with zero attached hydrogens (tertiary/aromatic N) is 1. The Bertz CT molecular complexity index is 198. The molecule has 2 aliphatic rings. The van der Waals surface area contributed by atoms with Crippen LogP contribution >= 0.6 is 0 Å². The quantitative estimate of drug-likeness (QED) is 0.662. The molecule has 3 nitrogen and oxygen atoms in total. The Hall–Kier alpha value is -0.380. The number of morpholine rings is 1. The second kappa shape index (κ2) is 5.64. The molecule has 0 aromatic carbocycles. The Morgan fingerprint density at radius 2 is 2.33 bits per heavy atom. The molecule has 1 aliphatic heterocycles. The molecular formula is C12H22N2O. The van der Waals surface area contributed by atoms with Crippen LogP contribution in [0.4, 0.5) is 0 Å². The van der Waals surface area contributed by atoms with E-state index < -0.39 is 0 Å². The molecule has 1 heterocycles. The van der Waals surface area contributed by atoms with Crippen molar-refractivity contribution in [1.29, 1.82) is 0 Å². The van der Waals surface area contributed by atoms with Crippen LogP contribution in [0.3, 0.4) is 0 Å². The summed E-state index contributed by atoms with van der Waals surface area (Å²) in [6.07, 6.45) is 5.97. The fourth-order valence-corrected chi connectivity index (χ4v) is 2.16. The van der Waals surface area contributed by atoms with Gasteiger partial charge in [0.15, 0.2) is 0 Å². The van der Waals surface area contributed by atoms with Crippen LogP contribution in [0.5, 0.6) is 0 Å². The summed E-state index contributed by atoms with van der Waals surface area (Å²) in [6, 6.07) is 1.40. The molecule has 1 atom stereocenters. The van der Waals surface area contributed by atoms with Gasteiger partial charge in [0.05, 0.1) is 13.2 Å². The topological polar surface area (TPSA) is 24.5 Å². The highest BCUT2D eigenvalue weighted by atomic mass is 16.5. The first-order chi connectivity index (χ1) is 7.40. The van der Waals surface area contributed by atoms with Crippen LogP contribution in [0.2, 0.25) is 0 Å². The molecule has 3 heteroatoms. The Labute approximate surface area is 92.5 Å². The second-order valence-corrected chi connectivity index (χ2v) is 4.53. The minimum atomic E-state index is 0.560. The van der Waals surface area contributed by atoms with Crippen LogP contribution in [0.15, 0.2) is 12.7 Å². The number of hydrogen-bond acceptors (Lipinski definition) is 3. The molecule has 0 radical (unpaired) electrons. The van der Waals surface area contributed by atoms with E-state index in [1.54, 1.807) is 0 Å². The maximum atomic E-state index is 5.45. The Balaban J connectivity index is 1.67. The highest BCUT2D eigenvalue weighted by molar-refractivity contribution is 4.88. The molecule has 1 unspecified atom stereocenters. The monoisotopic (exact) mass is 210 g/mol. The second-order valence-electron chi connectivity index (χ2n) is 4.53. The molecule has 1 N–H and O–H groups in total. The smallest absolute Gasteiger partial charge is 0.0620 e. The highest BCUT2D eigenvalue weighted by Crippen LogP contribution is 2.26. The average Bonchev–Trinajstić information content (AvgIpc) is 3.09. The van der Waals surface area contributed by atoms with Crippen molar-refractivity contribution in [3.63, 3.8) is 0 Å². The SMILES string of the molecule is C=CCN(CCC1COCCN1)C1CC1. The van der Waals surface area contributed by atoms with Gasteiger partial charge >= 0.3 is 0 Å². The van der Waals surface area contributed by atoms with Gasteiger partial charge in [-0.05, 0) is 19.3 Å². The summed E-state index contributed by atoms with van der Waals surface area (Å²) in [5.74, 6) is 0. The van der Waals surface area contributed by atoms with Gasteiger partial charge in [-0.2, -0.15) is 0 Å². The van der Waals surface area contributed by atoms with Gasteiger partial charge in [-0.3, -0.25) is 4.90 Å². The summed E-state index contributed by atoms with van der Waals surface area (Å²) in [7, 11) is 0. The van der Waals surface area contributed by atoms with Crippen molar-refractivity contribution in [3.05, 3.63) is 12.7 Å². The van der Waals surface area contributed by atoms with Gasteiger partial charge in [0.25, 0.3) is 0 Å². The van der Waals surface area contributed by atoms with Gasteiger partial charge in [-0.15, -0.1) is 6.58 Å². The first-order valence-electron chi connectivity index (χ1n) is 6.06. The molecular weight excluding hydrogens is 188 g/mol. The summed E-state index contributed by atoms with van der Waals surface area (Å²) in [5.41, 5.74) is 0. The predicted octanol–water partition coefficient (Wildman–Crippen LogP) is 1.02. The molecule has 0 spiro atoms. The van der Waals surface area contributed by atoms with Crippen LogP contribution in [0, 0.1) is 0 Å². The van der Waals surface area contributed by atoms with Gasteiger partial charge in [0, 0.05) is 31.7 Å². The van der Waals surface area contributed by atoms with Crippen molar-refractivity contribution < 1.29 is 4.74 Å². The summed E-state index contributed by atoms with van der Waals surface area (Å²) in [6.45, 7) is 8.80. The first-order valence-corrected chi connectivity index (χ1v) is 6.06. The fourth-order valence-electron chi connectivity index (χ4n) is 2.16. The maximum Gasteiger partial charge on any atom is 0.0620 e. The molecule has 0 amide bonds. The summed E-state index contributed by atoms with van der Waals surface area (Å²) in [5, 5.41) is 3.50. The van der Waals surface area contributed by atoms with Crippen molar-refractivity contribution in [2.24, 2.45) is 0 Å². The van der Waals surface area contributed by atoms with Gasteiger partial charge in [-0.1, -0.05) is 6.08 Å². The zero-order chi connectivity index (χ0) is 10.5. The normalized spacial score (nSPS) is 26.9. The zero-order valence-electron chi connectivity index (χ0n) is 9.45.